The van der Waals surface area contributed by atoms with E-state index in [1.165, 1.54) is 24.7 Å². The van der Waals surface area contributed by atoms with Gasteiger partial charge in [-0.1, -0.05) is 0 Å². The molecule has 110 valence electrons. The lowest BCUT2D eigenvalue weighted by Gasteiger charge is -2.10. The standard InChI is InChI=1S/C15H16N2O4/c1-4-21-12-7-5-11(6-8-12)17-14(19)13(10(2)18)9-16(3)15(17)20/h5-9H,4H2,1-3H3. The summed E-state index contributed by atoms with van der Waals surface area (Å²) in [6.45, 7) is 3.69. The van der Waals surface area contributed by atoms with E-state index in [0.717, 1.165) is 4.57 Å². The Hall–Kier alpha value is -2.63. The molecule has 2 aromatic rings. The number of ether oxygens (including phenoxy) is 1. The van der Waals surface area contributed by atoms with Crippen molar-refractivity contribution in [2.75, 3.05) is 6.61 Å². The van der Waals surface area contributed by atoms with Gasteiger partial charge in [0.2, 0.25) is 0 Å². The minimum Gasteiger partial charge on any atom is -0.494 e. The van der Waals surface area contributed by atoms with Crippen molar-refractivity contribution >= 4 is 5.78 Å². The van der Waals surface area contributed by atoms with Crippen molar-refractivity contribution in [2.45, 2.75) is 13.8 Å². The Bertz CT molecular complexity index is 785. The number of aryl methyl sites for hydroxylation is 1. The molecule has 0 atom stereocenters. The van der Waals surface area contributed by atoms with Crippen LogP contribution in [0.5, 0.6) is 5.75 Å². The summed E-state index contributed by atoms with van der Waals surface area (Å²) in [7, 11) is 1.50. The summed E-state index contributed by atoms with van der Waals surface area (Å²) in [5, 5.41) is 0. The smallest absolute Gasteiger partial charge is 0.335 e. The van der Waals surface area contributed by atoms with Crippen LogP contribution in [0.2, 0.25) is 0 Å². The van der Waals surface area contributed by atoms with Crippen molar-refractivity contribution in [3.05, 3.63) is 56.9 Å². The summed E-state index contributed by atoms with van der Waals surface area (Å²) in [6.07, 6.45) is 1.26. The third-order valence-electron chi connectivity index (χ3n) is 3.03. The molecule has 6 heteroatoms. The minimum absolute atomic E-state index is 0.0222. The lowest BCUT2D eigenvalue weighted by atomic mass is 10.2. The van der Waals surface area contributed by atoms with Gasteiger partial charge in [-0.3, -0.25) is 9.59 Å². The van der Waals surface area contributed by atoms with Gasteiger partial charge in [0.15, 0.2) is 5.78 Å². The topological polar surface area (TPSA) is 70.3 Å². The van der Waals surface area contributed by atoms with E-state index in [0.29, 0.717) is 18.0 Å². The van der Waals surface area contributed by atoms with Gasteiger partial charge in [-0.2, -0.15) is 0 Å². The maximum atomic E-state index is 12.3. The normalized spacial score (nSPS) is 10.4. The van der Waals surface area contributed by atoms with Gasteiger partial charge < -0.3 is 9.30 Å². The molecule has 0 fully saturated rings. The van der Waals surface area contributed by atoms with Gasteiger partial charge in [0, 0.05) is 13.2 Å². The summed E-state index contributed by atoms with van der Waals surface area (Å²) in [4.78, 5) is 36.0. The molecule has 0 radical (unpaired) electrons. The number of Topliss-reactive ketones (excluding diaryl/α,β-unsaturated/α-hetero) is 1. The Morgan fingerprint density at radius 1 is 1.19 bits per heavy atom. The zero-order chi connectivity index (χ0) is 15.6. The van der Waals surface area contributed by atoms with Gasteiger partial charge in [-0.15, -0.1) is 0 Å². The van der Waals surface area contributed by atoms with E-state index < -0.39 is 11.2 Å². The first-order valence-electron chi connectivity index (χ1n) is 6.52. The fourth-order valence-corrected chi connectivity index (χ4v) is 2.00. The van der Waals surface area contributed by atoms with E-state index in [4.69, 9.17) is 4.74 Å². The largest absolute Gasteiger partial charge is 0.494 e. The second-order valence-electron chi connectivity index (χ2n) is 4.56. The first-order valence-corrected chi connectivity index (χ1v) is 6.52. The number of carbonyl (C=O) groups excluding carboxylic acids is 1. The molecule has 1 aromatic heterocycles. The molecule has 21 heavy (non-hydrogen) atoms. The number of benzene rings is 1. The molecule has 0 unspecified atom stereocenters. The Kier molecular flexibility index (Phi) is 4.07. The fourth-order valence-electron chi connectivity index (χ4n) is 2.00. The maximum Gasteiger partial charge on any atom is 0.335 e. The molecule has 0 aliphatic heterocycles. The number of ketones is 1. The zero-order valence-electron chi connectivity index (χ0n) is 12.1. The van der Waals surface area contributed by atoms with Gasteiger partial charge in [0.1, 0.15) is 5.75 Å². The second-order valence-corrected chi connectivity index (χ2v) is 4.56. The van der Waals surface area contributed by atoms with E-state index in [1.807, 2.05) is 6.92 Å². The molecule has 0 saturated carbocycles. The monoisotopic (exact) mass is 288 g/mol. The van der Waals surface area contributed by atoms with Gasteiger partial charge in [0.25, 0.3) is 5.56 Å². The Labute approximate surface area is 121 Å². The van der Waals surface area contributed by atoms with Crippen LogP contribution in [0, 0.1) is 0 Å². The van der Waals surface area contributed by atoms with Crippen LogP contribution in [0.3, 0.4) is 0 Å². The van der Waals surface area contributed by atoms with Crippen LogP contribution in [0.1, 0.15) is 24.2 Å². The zero-order valence-corrected chi connectivity index (χ0v) is 12.1. The number of hydrogen-bond acceptors (Lipinski definition) is 4. The van der Waals surface area contributed by atoms with Gasteiger partial charge in [-0.05, 0) is 38.1 Å². The highest BCUT2D eigenvalue weighted by molar-refractivity contribution is 5.93. The molecule has 0 amide bonds. The summed E-state index contributed by atoms with van der Waals surface area (Å²) < 4.78 is 7.51. The third kappa shape index (κ3) is 2.79. The Morgan fingerprint density at radius 3 is 2.33 bits per heavy atom. The van der Waals surface area contributed by atoms with Crippen molar-refractivity contribution in [1.82, 2.24) is 9.13 Å². The highest BCUT2D eigenvalue weighted by Crippen LogP contribution is 2.13. The Balaban J connectivity index is 2.65. The van der Waals surface area contributed by atoms with Gasteiger partial charge in [-0.25, -0.2) is 9.36 Å². The van der Waals surface area contributed by atoms with Crippen molar-refractivity contribution in [2.24, 2.45) is 7.05 Å². The van der Waals surface area contributed by atoms with E-state index in [2.05, 4.69) is 0 Å². The van der Waals surface area contributed by atoms with Crippen molar-refractivity contribution < 1.29 is 9.53 Å². The van der Waals surface area contributed by atoms with Crippen LogP contribution < -0.4 is 16.0 Å². The Morgan fingerprint density at radius 2 is 1.81 bits per heavy atom. The SMILES string of the molecule is CCOc1ccc(-n2c(=O)c(C(C)=O)cn(C)c2=O)cc1. The second kappa shape index (κ2) is 5.78. The maximum absolute atomic E-state index is 12.3. The molecule has 0 saturated heterocycles. The quantitative estimate of drug-likeness (QED) is 0.791. The molecule has 0 aliphatic rings. The molecule has 1 aromatic carbocycles. The molecule has 0 aliphatic carbocycles. The van der Waals surface area contributed by atoms with E-state index >= 15 is 0 Å². The van der Waals surface area contributed by atoms with Crippen LogP contribution in [0.25, 0.3) is 5.69 Å². The first kappa shape index (κ1) is 14.8. The summed E-state index contributed by atoms with van der Waals surface area (Å²) in [5.41, 5.74) is -0.748. The molecule has 0 spiro atoms. The lowest BCUT2D eigenvalue weighted by molar-refractivity contribution is 0.101. The molecular formula is C15H16N2O4. The molecule has 0 N–H and O–H groups in total. The van der Waals surface area contributed by atoms with Gasteiger partial charge >= 0.3 is 5.69 Å². The van der Waals surface area contributed by atoms with Crippen LogP contribution in [-0.2, 0) is 7.05 Å². The van der Waals surface area contributed by atoms with E-state index in [1.54, 1.807) is 24.3 Å². The molecular weight excluding hydrogens is 272 g/mol. The van der Waals surface area contributed by atoms with E-state index in [-0.39, 0.29) is 11.3 Å². The summed E-state index contributed by atoms with van der Waals surface area (Å²) in [5.74, 6) is 0.268. The third-order valence-corrected chi connectivity index (χ3v) is 3.03. The van der Waals surface area contributed by atoms with Crippen LogP contribution in [0.4, 0.5) is 0 Å². The first-order chi connectivity index (χ1) is 9.95. The van der Waals surface area contributed by atoms with Crippen molar-refractivity contribution in [1.29, 1.82) is 0 Å². The van der Waals surface area contributed by atoms with Crippen molar-refractivity contribution in [3.63, 3.8) is 0 Å². The number of carbonyl (C=O) groups is 1. The minimum atomic E-state index is -0.616. The average Bonchev–Trinajstić information content (AvgIpc) is 2.45. The van der Waals surface area contributed by atoms with Crippen LogP contribution in [-0.4, -0.2) is 21.5 Å². The predicted octanol–water partition coefficient (Wildman–Crippen LogP) is 1.14. The fraction of sp³-hybridized carbons (Fsp3) is 0.267. The lowest BCUT2D eigenvalue weighted by Crippen LogP contribution is -2.40. The molecule has 2 rings (SSSR count). The predicted molar refractivity (Wildman–Crippen MR) is 78.5 cm³/mol. The number of aromatic nitrogens is 2. The highest BCUT2D eigenvalue weighted by atomic mass is 16.5. The highest BCUT2D eigenvalue weighted by Gasteiger charge is 2.14. The average molecular weight is 288 g/mol. The molecule has 6 nitrogen and oxygen atoms in total. The van der Waals surface area contributed by atoms with Crippen LogP contribution >= 0.6 is 0 Å². The van der Waals surface area contributed by atoms with Crippen LogP contribution in [0.15, 0.2) is 40.1 Å². The van der Waals surface area contributed by atoms with Gasteiger partial charge in [0.05, 0.1) is 17.9 Å². The van der Waals surface area contributed by atoms with Crippen molar-refractivity contribution in [3.8, 4) is 11.4 Å². The molecule has 1 heterocycles. The number of nitrogens with zero attached hydrogens (tertiary/aromatic N) is 2. The number of rotatable bonds is 4. The summed E-state index contributed by atoms with van der Waals surface area (Å²) in [6, 6.07) is 6.56. The number of hydrogen-bond donors (Lipinski definition) is 0. The summed E-state index contributed by atoms with van der Waals surface area (Å²) >= 11 is 0. The van der Waals surface area contributed by atoms with E-state index in [9.17, 15) is 14.4 Å². The molecule has 0 bridgehead atoms.